The van der Waals surface area contributed by atoms with Crippen LogP contribution in [-0.4, -0.2) is 36.6 Å². The molecule has 1 N–H and O–H groups in total. The number of amides is 1. The van der Waals surface area contributed by atoms with Crippen molar-refractivity contribution in [1.29, 1.82) is 0 Å². The average Bonchev–Trinajstić information content (AvgIpc) is 3.19. The minimum absolute atomic E-state index is 0.0208. The third kappa shape index (κ3) is 4.40. The molecule has 0 radical (unpaired) electrons. The van der Waals surface area contributed by atoms with E-state index in [1.54, 1.807) is 7.05 Å². The highest BCUT2D eigenvalue weighted by Gasteiger charge is 2.29. The highest BCUT2D eigenvalue weighted by atomic mass is 32.2. The van der Waals surface area contributed by atoms with E-state index in [2.05, 4.69) is 5.32 Å². The Balaban J connectivity index is 1.69. The minimum atomic E-state index is -3.59. The highest BCUT2D eigenvalue weighted by Crippen LogP contribution is 2.27. The zero-order valence-electron chi connectivity index (χ0n) is 15.3. The molecule has 1 heterocycles. The van der Waals surface area contributed by atoms with Crippen molar-refractivity contribution < 1.29 is 18.1 Å². The zero-order chi connectivity index (χ0) is 20.3. The fourth-order valence-electron chi connectivity index (χ4n) is 3.26. The molecule has 0 saturated heterocycles. The third-order valence-corrected chi connectivity index (χ3v) is 7.71. The number of carbonyl (C=O) groups excluding carboxylic acids is 1. The summed E-state index contributed by atoms with van der Waals surface area (Å²) < 4.78 is 27.1. The maximum absolute atomic E-state index is 12.8. The molecule has 1 fully saturated rings. The molecule has 3 rings (SSSR count). The molecule has 0 spiro atoms. The molecule has 0 unspecified atom stereocenters. The van der Waals surface area contributed by atoms with Gasteiger partial charge in [-0.05, 0) is 37.1 Å². The van der Waals surface area contributed by atoms with Crippen LogP contribution in [0.25, 0.3) is 0 Å². The minimum Gasteiger partial charge on any atom is -0.322 e. The van der Waals surface area contributed by atoms with Crippen molar-refractivity contribution in [3.05, 3.63) is 51.4 Å². The van der Waals surface area contributed by atoms with E-state index in [1.807, 2.05) is 0 Å². The number of carbonyl (C=O) groups is 1. The van der Waals surface area contributed by atoms with Gasteiger partial charge in [-0.2, -0.15) is 4.31 Å². The molecular formula is C18H21N3O5S2. The summed E-state index contributed by atoms with van der Waals surface area (Å²) in [6.07, 6.45) is 4.96. The average molecular weight is 424 g/mol. The first-order valence-electron chi connectivity index (χ1n) is 8.91. The SMILES string of the molecule is CN(C1CCCCC1)S(=O)(=O)c1ccc(NC(=O)c2csc([N+](=O)[O-])c2)cc1. The van der Waals surface area contributed by atoms with Gasteiger partial charge in [0.2, 0.25) is 10.0 Å². The number of anilines is 1. The predicted octanol–water partition coefficient (Wildman–Crippen LogP) is 3.86. The normalized spacial score (nSPS) is 15.5. The van der Waals surface area contributed by atoms with E-state index in [9.17, 15) is 23.3 Å². The maximum atomic E-state index is 12.8. The van der Waals surface area contributed by atoms with Crippen LogP contribution in [0.15, 0.2) is 40.6 Å². The summed E-state index contributed by atoms with van der Waals surface area (Å²) in [5.74, 6) is -0.487. The molecule has 0 bridgehead atoms. The summed E-state index contributed by atoms with van der Waals surface area (Å²) in [6, 6.07) is 7.17. The van der Waals surface area contributed by atoms with Gasteiger partial charge in [-0.25, -0.2) is 8.42 Å². The lowest BCUT2D eigenvalue weighted by atomic mass is 9.96. The van der Waals surface area contributed by atoms with Crippen molar-refractivity contribution >= 4 is 38.0 Å². The molecule has 1 saturated carbocycles. The van der Waals surface area contributed by atoms with Crippen molar-refractivity contribution in [1.82, 2.24) is 4.31 Å². The molecule has 1 aromatic heterocycles. The van der Waals surface area contributed by atoms with E-state index >= 15 is 0 Å². The number of thiophene rings is 1. The Morgan fingerprint density at radius 1 is 1.21 bits per heavy atom. The van der Waals surface area contributed by atoms with E-state index in [1.165, 1.54) is 40.0 Å². The van der Waals surface area contributed by atoms with Gasteiger partial charge in [0, 0.05) is 30.2 Å². The summed E-state index contributed by atoms with van der Waals surface area (Å²) in [7, 11) is -1.98. The second-order valence-electron chi connectivity index (χ2n) is 6.72. The first-order chi connectivity index (χ1) is 13.3. The molecule has 0 aliphatic heterocycles. The lowest BCUT2D eigenvalue weighted by Gasteiger charge is -2.30. The van der Waals surface area contributed by atoms with Gasteiger partial charge in [-0.1, -0.05) is 30.6 Å². The maximum Gasteiger partial charge on any atom is 0.324 e. The van der Waals surface area contributed by atoms with Crippen LogP contribution in [0.5, 0.6) is 0 Å². The smallest absolute Gasteiger partial charge is 0.322 e. The van der Waals surface area contributed by atoms with Crippen molar-refractivity contribution in [2.24, 2.45) is 0 Å². The lowest BCUT2D eigenvalue weighted by Crippen LogP contribution is -2.38. The molecular weight excluding hydrogens is 402 g/mol. The fourth-order valence-corrected chi connectivity index (χ4v) is 5.38. The molecule has 2 aromatic rings. The van der Waals surface area contributed by atoms with Gasteiger partial charge in [0.15, 0.2) is 0 Å². The Bertz CT molecular complexity index is 963. The first-order valence-corrected chi connectivity index (χ1v) is 11.2. The molecule has 1 amide bonds. The molecule has 1 aliphatic rings. The summed E-state index contributed by atoms with van der Waals surface area (Å²) in [4.78, 5) is 22.5. The molecule has 1 aliphatic carbocycles. The van der Waals surface area contributed by atoms with E-state index in [-0.39, 0.29) is 21.5 Å². The molecule has 8 nitrogen and oxygen atoms in total. The van der Waals surface area contributed by atoms with Crippen LogP contribution in [0.1, 0.15) is 42.5 Å². The molecule has 28 heavy (non-hydrogen) atoms. The van der Waals surface area contributed by atoms with Gasteiger partial charge in [0.1, 0.15) is 0 Å². The van der Waals surface area contributed by atoms with Crippen LogP contribution in [0.3, 0.4) is 0 Å². The molecule has 0 atom stereocenters. The number of rotatable bonds is 6. The topological polar surface area (TPSA) is 110 Å². The largest absolute Gasteiger partial charge is 0.324 e. The van der Waals surface area contributed by atoms with Crippen molar-refractivity contribution in [2.45, 2.75) is 43.0 Å². The summed E-state index contributed by atoms with van der Waals surface area (Å²) in [6.45, 7) is 0. The number of sulfonamides is 1. The van der Waals surface area contributed by atoms with Crippen molar-refractivity contribution in [3.63, 3.8) is 0 Å². The van der Waals surface area contributed by atoms with Gasteiger partial charge >= 0.3 is 5.00 Å². The van der Waals surface area contributed by atoms with Crippen molar-refractivity contribution in [3.8, 4) is 0 Å². The Morgan fingerprint density at radius 2 is 1.86 bits per heavy atom. The van der Waals surface area contributed by atoms with Crippen LogP contribution in [0.2, 0.25) is 0 Å². The summed E-state index contributed by atoms with van der Waals surface area (Å²) >= 11 is 0.874. The lowest BCUT2D eigenvalue weighted by molar-refractivity contribution is -0.380. The Kier molecular flexibility index (Phi) is 6.11. The first kappa shape index (κ1) is 20.4. The highest BCUT2D eigenvalue weighted by molar-refractivity contribution is 7.89. The molecule has 10 heteroatoms. The second kappa shape index (κ2) is 8.38. The Morgan fingerprint density at radius 3 is 2.43 bits per heavy atom. The molecule has 1 aromatic carbocycles. The predicted molar refractivity (Wildman–Crippen MR) is 107 cm³/mol. The Hall–Kier alpha value is -2.30. The van der Waals surface area contributed by atoms with E-state index in [4.69, 9.17) is 0 Å². The van der Waals surface area contributed by atoms with Crippen molar-refractivity contribution in [2.75, 3.05) is 12.4 Å². The van der Waals surface area contributed by atoms with Gasteiger partial charge < -0.3 is 5.32 Å². The number of hydrogen-bond acceptors (Lipinski definition) is 6. The van der Waals surface area contributed by atoms with Crippen LogP contribution in [-0.2, 0) is 10.0 Å². The fraction of sp³-hybridized carbons (Fsp3) is 0.389. The zero-order valence-corrected chi connectivity index (χ0v) is 17.0. The van der Waals surface area contributed by atoms with E-state index in [0.717, 1.165) is 43.4 Å². The standard InChI is InChI=1S/C18H21N3O5S2/c1-20(15-5-3-2-4-6-15)28(25,26)16-9-7-14(8-10-16)19-18(22)13-11-17(21(23)24)27-12-13/h7-12,15H,2-6H2,1H3,(H,19,22). The number of nitrogens with zero attached hydrogens (tertiary/aromatic N) is 2. The second-order valence-corrected chi connectivity index (χ2v) is 9.61. The van der Waals surface area contributed by atoms with Crippen LogP contribution in [0.4, 0.5) is 10.7 Å². The van der Waals surface area contributed by atoms with Gasteiger partial charge in [-0.3, -0.25) is 14.9 Å². The quantitative estimate of drug-likeness (QED) is 0.560. The Labute approximate surface area is 167 Å². The van der Waals surface area contributed by atoms with Crippen LogP contribution < -0.4 is 5.32 Å². The third-order valence-electron chi connectivity index (χ3n) is 4.91. The van der Waals surface area contributed by atoms with Gasteiger partial charge in [0.05, 0.1) is 15.4 Å². The monoisotopic (exact) mass is 423 g/mol. The number of benzene rings is 1. The van der Waals surface area contributed by atoms with Crippen LogP contribution >= 0.6 is 11.3 Å². The number of nitrogens with one attached hydrogen (secondary N) is 1. The number of hydrogen-bond donors (Lipinski definition) is 1. The van der Waals surface area contributed by atoms with E-state index in [0.29, 0.717) is 5.69 Å². The molecule has 150 valence electrons. The summed E-state index contributed by atoms with van der Waals surface area (Å²) in [5.41, 5.74) is 0.601. The van der Waals surface area contributed by atoms with Crippen LogP contribution in [0, 0.1) is 10.1 Å². The van der Waals surface area contributed by atoms with Gasteiger partial charge in [-0.15, -0.1) is 0 Å². The van der Waals surface area contributed by atoms with Gasteiger partial charge in [0.25, 0.3) is 5.91 Å². The summed E-state index contributed by atoms with van der Waals surface area (Å²) in [5, 5.41) is 14.6. The number of nitro groups is 1. The van der Waals surface area contributed by atoms with E-state index < -0.39 is 20.9 Å².